The van der Waals surface area contributed by atoms with Gasteiger partial charge in [0, 0.05) is 24.2 Å². The third kappa shape index (κ3) is 3.14. The smallest absolute Gasteiger partial charge is 0.257 e. The largest absolute Gasteiger partial charge is 0.354 e. The number of carbonyl (C=O) groups is 2. The summed E-state index contributed by atoms with van der Waals surface area (Å²) >= 11 is 5.87. The summed E-state index contributed by atoms with van der Waals surface area (Å²) in [6.07, 6.45) is 3.01. The van der Waals surface area contributed by atoms with Crippen molar-refractivity contribution in [3.63, 3.8) is 0 Å². The van der Waals surface area contributed by atoms with Crippen molar-refractivity contribution in [2.45, 2.75) is 25.4 Å². The van der Waals surface area contributed by atoms with Crippen molar-refractivity contribution in [3.05, 3.63) is 58.4 Å². The number of nitrogens with zero attached hydrogens (tertiary/aromatic N) is 2. The van der Waals surface area contributed by atoms with Gasteiger partial charge in [-0.3, -0.25) is 9.59 Å². The van der Waals surface area contributed by atoms with Crippen molar-refractivity contribution in [2.75, 3.05) is 23.8 Å². The standard InChI is InChI=1S/C20H19ClFN3O2/c1-24-17-10-12(19(26)23-16-11-13(21)6-8-15(16)22)5-7-14(17)20(27)25-9-3-2-4-18(24)25/h5-8,10-11,18H,2-4,9H2,1H3,(H,23,26)/t18-/m1/s1. The normalized spacial score (nSPS) is 18.8. The predicted octanol–water partition coefficient (Wildman–Crippen LogP) is 4.13. The van der Waals surface area contributed by atoms with E-state index in [1.165, 1.54) is 18.2 Å². The molecule has 7 heteroatoms. The number of rotatable bonds is 2. The number of hydrogen-bond donors (Lipinski definition) is 1. The molecule has 2 aliphatic heterocycles. The molecule has 2 aromatic carbocycles. The number of hydrogen-bond acceptors (Lipinski definition) is 3. The van der Waals surface area contributed by atoms with E-state index in [0.29, 0.717) is 16.1 Å². The van der Waals surface area contributed by atoms with Crippen LogP contribution in [0.2, 0.25) is 5.02 Å². The summed E-state index contributed by atoms with van der Waals surface area (Å²) in [6.45, 7) is 0.754. The number of anilines is 2. The van der Waals surface area contributed by atoms with Crippen molar-refractivity contribution in [2.24, 2.45) is 0 Å². The molecule has 0 saturated carbocycles. The van der Waals surface area contributed by atoms with E-state index >= 15 is 0 Å². The minimum atomic E-state index is -0.559. The van der Waals surface area contributed by atoms with E-state index < -0.39 is 11.7 Å². The van der Waals surface area contributed by atoms with Gasteiger partial charge in [-0.15, -0.1) is 0 Å². The molecule has 2 heterocycles. The first-order chi connectivity index (χ1) is 13.0. The Morgan fingerprint density at radius 2 is 2.04 bits per heavy atom. The number of nitrogens with one attached hydrogen (secondary N) is 1. The van der Waals surface area contributed by atoms with Crippen molar-refractivity contribution in [1.29, 1.82) is 0 Å². The van der Waals surface area contributed by atoms with E-state index in [9.17, 15) is 14.0 Å². The summed E-state index contributed by atoms with van der Waals surface area (Å²) in [5.74, 6) is -1.01. The molecule has 0 unspecified atom stereocenters. The Balaban J connectivity index is 1.64. The molecular formula is C20H19ClFN3O2. The van der Waals surface area contributed by atoms with Gasteiger partial charge in [0.25, 0.3) is 11.8 Å². The Morgan fingerprint density at radius 1 is 1.22 bits per heavy atom. The highest BCUT2D eigenvalue weighted by Crippen LogP contribution is 2.35. The first kappa shape index (κ1) is 17.8. The van der Waals surface area contributed by atoms with E-state index in [1.54, 1.807) is 18.2 Å². The third-order valence-electron chi connectivity index (χ3n) is 5.23. The maximum absolute atomic E-state index is 13.9. The number of benzene rings is 2. The lowest BCUT2D eigenvalue weighted by Gasteiger charge is -2.46. The fourth-order valence-corrected chi connectivity index (χ4v) is 3.97. The number of amides is 2. The van der Waals surface area contributed by atoms with E-state index in [2.05, 4.69) is 5.32 Å². The van der Waals surface area contributed by atoms with Crippen LogP contribution in [-0.4, -0.2) is 36.5 Å². The van der Waals surface area contributed by atoms with Crippen molar-refractivity contribution in [1.82, 2.24) is 4.90 Å². The van der Waals surface area contributed by atoms with Gasteiger partial charge in [-0.2, -0.15) is 0 Å². The molecule has 0 aromatic heterocycles. The van der Waals surface area contributed by atoms with Gasteiger partial charge in [0.05, 0.1) is 16.9 Å². The molecule has 2 amide bonds. The molecule has 0 bridgehead atoms. The number of fused-ring (bicyclic) bond motifs is 2. The van der Waals surface area contributed by atoms with Crippen LogP contribution in [0.1, 0.15) is 40.0 Å². The van der Waals surface area contributed by atoms with Gasteiger partial charge < -0.3 is 15.1 Å². The third-order valence-corrected chi connectivity index (χ3v) is 5.46. The minimum absolute atomic E-state index is 0.000596. The van der Waals surface area contributed by atoms with Gasteiger partial charge in [0.2, 0.25) is 0 Å². The SMILES string of the molecule is CN1c2cc(C(=O)Nc3cc(Cl)ccc3F)ccc2C(=O)N2CCCC[C@@H]21. The topological polar surface area (TPSA) is 52.7 Å². The van der Waals surface area contributed by atoms with Crippen molar-refractivity contribution >= 4 is 34.8 Å². The van der Waals surface area contributed by atoms with Gasteiger partial charge in [-0.05, 0) is 55.7 Å². The summed E-state index contributed by atoms with van der Waals surface area (Å²) in [7, 11) is 1.94. The first-order valence-corrected chi connectivity index (χ1v) is 9.28. The highest BCUT2D eigenvalue weighted by molar-refractivity contribution is 6.31. The molecule has 1 atom stereocenters. The quantitative estimate of drug-likeness (QED) is 0.842. The molecule has 27 heavy (non-hydrogen) atoms. The van der Waals surface area contributed by atoms with Crippen LogP contribution in [0, 0.1) is 5.82 Å². The highest BCUT2D eigenvalue weighted by atomic mass is 35.5. The number of carbonyl (C=O) groups excluding carboxylic acids is 2. The predicted molar refractivity (Wildman–Crippen MR) is 103 cm³/mol. The Hall–Kier alpha value is -2.60. The maximum atomic E-state index is 13.9. The molecule has 1 N–H and O–H groups in total. The van der Waals surface area contributed by atoms with E-state index in [1.807, 2.05) is 16.8 Å². The molecule has 0 spiro atoms. The van der Waals surface area contributed by atoms with Crippen LogP contribution < -0.4 is 10.2 Å². The second-order valence-corrected chi connectivity index (χ2v) is 7.33. The molecule has 2 aromatic rings. The summed E-state index contributed by atoms with van der Waals surface area (Å²) in [6, 6.07) is 8.94. The molecule has 140 valence electrons. The monoisotopic (exact) mass is 387 g/mol. The van der Waals surface area contributed by atoms with Gasteiger partial charge >= 0.3 is 0 Å². The Kier molecular flexibility index (Phi) is 4.52. The molecule has 0 aliphatic carbocycles. The molecule has 1 saturated heterocycles. The van der Waals surface area contributed by atoms with Gasteiger partial charge in [0.15, 0.2) is 0 Å². The van der Waals surface area contributed by atoms with Gasteiger partial charge in [0.1, 0.15) is 12.0 Å². The zero-order valence-corrected chi connectivity index (χ0v) is 15.6. The van der Waals surface area contributed by atoms with E-state index in [-0.39, 0.29) is 17.8 Å². The fourth-order valence-electron chi connectivity index (χ4n) is 3.80. The maximum Gasteiger partial charge on any atom is 0.257 e. The van der Waals surface area contributed by atoms with Crippen molar-refractivity contribution in [3.8, 4) is 0 Å². The summed E-state index contributed by atoms with van der Waals surface area (Å²) < 4.78 is 13.9. The second-order valence-electron chi connectivity index (χ2n) is 6.90. The van der Waals surface area contributed by atoms with Gasteiger partial charge in [-0.25, -0.2) is 4.39 Å². The number of piperidine rings is 1. The lowest BCUT2D eigenvalue weighted by atomic mass is 9.97. The lowest BCUT2D eigenvalue weighted by Crippen LogP contribution is -2.55. The van der Waals surface area contributed by atoms with Crippen LogP contribution in [0.3, 0.4) is 0 Å². The van der Waals surface area contributed by atoms with E-state index in [0.717, 1.165) is 31.5 Å². The zero-order valence-electron chi connectivity index (χ0n) is 14.8. The summed E-state index contributed by atoms with van der Waals surface area (Å²) in [4.78, 5) is 29.3. The summed E-state index contributed by atoms with van der Waals surface area (Å²) in [5, 5.41) is 2.88. The Morgan fingerprint density at radius 3 is 2.85 bits per heavy atom. The average Bonchev–Trinajstić information content (AvgIpc) is 2.68. The van der Waals surface area contributed by atoms with Crippen LogP contribution in [-0.2, 0) is 0 Å². The first-order valence-electron chi connectivity index (χ1n) is 8.90. The Labute approximate surface area is 161 Å². The van der Waals surface area contributed by atoms with E-state index in [4.69, 9.17) is 11.6 Å². The molecule has 5 nitrogen and oxygen atoms in total. The minimum Gasteiger partial charge on any atom is -0.354 e. The van der Waals surface area contributed by atoms with Crippen LogP contribution >= 0.6 is 11.6 Å². The zero-order chi connectivity index (χ0) is 19.1. The Bertz CT molecular complexity index is 933. The highest BCUT2D eigenvalue weighted by Gasteiger charge is 2.37. The molecular weight excluding hydrogens is 369 g/mol. The lowest BCUT2D eigenvalue weighted by molar-refractivity contribution is 0.0589. The second kappa shape index (κ2) is 6.85. The summed E-state index contributed by atoms with van der Waals surface area (Å²) in [5.41, 5.74) is 1.69. The molecule has 1 fully saturated rings. The fraction of sp³-hybridized carbons (Fsp3) is 0.300. The van der Waals surface area contributed by atoms with Crippen LogP contribution in [0.5, 0.6) is 0 Å². The van der Waals surface area contributed by atoms with Crippen LogP contribution in [0.4, 0.5) is 15.8 Å². The average molecular weight is 388 g/mol. The molecule has 2 aliphatic rings. The molecule has 0 radical (unpaired) electrons. The number of halogens is 2. The van der Waals surface area contributed by atoms with Gasteiger partial charge in [-0.1, -0.05) is 11.6 Å². The van der Waals surface area contributed by atoms with Crippen LogP contribution in [0.25, 0.3) is 0 Å². The van der Waals surface area contributed by atoms with Crippen molar-refractivity contribution < 1.29 is 14.0 Å². The molecule has 4 rings (SSSR count). The van der Waals surface area contributed by atoms with Crippen LogP contribution in [0.15, 0.2) is 36.4 Å².